The van der Waals surface area contributed by atoms with Gasteiger partial charge in [-0.25, -0.2) is 4.39 Å². The van der Waals surface area contributed by atoms with Crippen molar-refractivity contribution in [2.45, 2.75) is 115 Å². The summed E-state index contributed by atoms with van der Waals surface area (Å²) >= 11 is 0. The molecule has 1 aliphatic heterocycles. The number of rotatable bonds is 10. The molecule has 3 atom stereocenters. The van der Waals surface area contributed by atoms with Crippen LogP contribution in [-0.4, -0.2) is 53.6 Å². The Morgan fingerprint density at radius 1 is 1.16 bits per heavy atom. The molecule has 0 spiro atoms. The zero-order valence-electron chi connectivity index (χ0n) is 19.2. The van der Waals surface area contributed by atoms with Gasteiger partial charge in [-0.3, -0.25) is 9.59 Å². The van der Waals surface area contributed by atoms with Gasteiger partial charge in [0.05, 0.1) is 19.2 Å². The Morgan fingerprint density at radius 2 is 1.84 bits per heavy atom. The fraction of sp³-hybridized carbons (Fsp3) is 0.875. The summed E-state index contributed by atoms with van der Waals surface area (Å²) < 4.78 is 13.6. The monoisotopic (exact) mass is 434 g/mol. The van der Waals surface area contributed by atoms with E-state index >= 15 is 0 Å². The Morgan fingerprint density at radius 3 is 2.45 bits per heavy atom. The number of alkyl halides is 1. The van der Waals surface area contributed by atoms with Crippen molar-refractivity contribution < 1.29 is 14.0 Å². The van der Waals surface area contributed by atoms with Gasteiger partial charge in [0, 0.05) is 23.4 Å². The summed E-state index contributed by atoms with van der Waals surface area (Å²) in [5.41, 5.74) is -0.367. The predicted octanol–water partition coefficient (Wildman–Crippen LogP) is 3.61. The third kappa shape index (κ3) is 5.58. The van der Waals surface area contributed by atoms with Crippen LogP contribution < -0.4 is 10.6 Å². The van der Waals surface area contributed by atoms with Crippen molar-refractivity contribution in [2.24, 2.45) is 5.41 Å². The van der Waals surface area contributed by atoms with Crippen LogP contribution >= 0.6 is 0 Å². The van der Waals surface area contributed by atoms with Gasteiger partial charge in [0.15, 0.2) is 0 Å². The van der Waals surface area contributed by atoms with E-state index in [0.29, 0.717) is 0 Å². The lowest BCUT2D eigenvalue weighted by atomic mass is 9.57. The first-order valence-corrected chi connectivity index (χ1v) is 12.2. The first-order valence-electron chi connectivity index (χ1n) is 12.2. The summed E-state index contributed by atoms with van der Waals surface area (Å²) in [6.45, 7) is 4.47. The Hall–Kier alpha value is -1.68. The molecule has 6 nitrogen and oxygen atoms in total. The molecule has 174 valence electrons. The number of nitrogens with one attached hydrogen (secondary N) is 2. The van der Waals surface area contributed by atoms with E-state index in [-0.39, 0.29) is 48.3 Å². The van der Waals surface area contributed by atoms with Crippen LogP contribution in [0.3, 0.4) is 0 Å². The molecule has 4 fully saturated rings. The van der Waals surface area contributed by atoms with Gasteiger partial charge in [0.1, 0.15) is 12.2 Å². The summed E-state index contributed by atoms with van der Waals surface area (Å²) in [6.07, 6.45) is 10.1. The van der Waals surface area contributed by atoms with Gasteiger partial charge in [-0.05, 0) is 51.9 Å². The van der Waals surface area contributed by atoms with E-state index < -0.39 is 12.2 Å². The van der Waals surface area contributed by atoms with E-state index in [4.69, 9.17) is 5.26 Å². The molecule has 4 aliphatic rings. The molecule has 31 heavy (non-hydrogen) atoms. The van der Waals surface area contributed by atoms with Crippen LogP contribution in [-0.2, 0) is 9.59 Å². The minimum atomic E-state index is -1.11. The molecule has 7 heteroatoms. The lowest BCUT2D eigenvalue weighted by molar-refractivity contribution is -0.140. The van der Waals surface area contributed by atoms with Gasteiger partial charge in [0.25, 0.3) is 0 Å². The molecule has 0 aromatic rings. The number of amides is 2. The van der Waals surface area contributed by atoms with E-state index in [1.807, 2.05) is 6.07 Å². The number of nitriles is 1. The highest BCUT2D eigenvalue weighted by atomic mass is 19.1. The molecular weight excluding hydrogens is 395 g/mol. The van der Waals surface area contributed by atoms with Gasteiger partial charge in [-0.1, -0.05) is 32.6 Å². The quantitative estimate of drug-likeness (QED) is 0.515. The normalized spacial score (nSPS) is 33.2. The van der Waals surface area contributed by atoms with Crippen molar-refractivity contribution >= 4 is 11.8 Å². The summed E-state index contributed by atoms with van der Waals surface area (Å²) in [7, 11) is 0. The fourth-order valence-electron chi connectivity index (χ4n) is 5.67. The number of nitrogens with zero attached hydrogens (tertiary/aromatic N) is 2. The Labute approximate surface area is 186 Å². The zero-order chi connectivity index (χ0) is 22.5. The van der Waals surface area contributed by atoms with Gasteiger partial charge in [0.2, 0.25) is 11.8 Å². The van der Waals surface area contributed by atoms with Crippen molar-refractivity contribution in [2.75, 3.05) is 13.1 Å². The summed E-state index contributed by atoms with van der Waals surface area (Å²) in [5, 5.41) is 15.9. The third-order valence-electron chi connectivity index (χ3n) is 7.93. The number of halogens is 1. The van der Waals surface area contributed by atoms with Crippen LogP contribution in [0.25, 0.3) is 0 Å². The lowest BCUT2D eigenvalue weighted by Crippen LogP contribution is -2.60. The molecule has 0 unspecified atom stereocenters. The predicted molar refractivity (Wildman–Crippen MR) is 118 cm³/mol. The minimum Gasteiger partial charge on any atom is -0.353 e. The topological polar surface area (TPSA) is 85.2 Å². The smallest absolute Gasteiger partial charge is 0.237 e. The van der Waals surface area contributed by atoms with Crippen LogP contribution in [0.2, 0.25) is 0 Å². The summed E-state index contributed by atoms with van der Waals surface area (Å²) in [6, 6.07) is 1.60. The van der Waals surface area contributed by atoms with Crippen molar-refractivity contribution in [3.63, 3.8) is 0 Å². The number of hydrogen-bond acceptors (Lipinski definition) is 4. The molecule has 0 aromatic carbocycles. The van der Waals surface area contributed by atoms with Crippen molar-refractivity contribution in [1.29, 1.82) is 5.26 Å². The lowest BCUT2D eigenvalue weighted by Gasteiger charge is -2.53. The molecule has 0 radical (unpaired) electrons. The minimum absolute atomic E-state index is 0.0195. The van der Waals surface area contributed by atoms with E-state index in [1.54, 1.807) is 0 Å². The molecule has 3 aliphatic carbocycles. The maximum absolute atomic E-state index is 13.6. The molecule has 2 amide bonds. The van der Waals surface area contributed by atoms with Crippen LogP contribution in [0.1, 0.15) is 90.9 Å². The van der Waals surface area contributed by atoms with E-state index in [2.05, 4.69) is 24.5 Å². The standard InChI is InChI=1S/C24H39FN4O2/c1-3-4-5-6-7-18(2)28-22(31)23-8-11-24(12-9-23,13-10-23)27-16-21(30)29-17-19(25)14-20(29)15-26/h18-20,27H,3-14,16-17H2,1-2H3,(H,28,31)/t18-,19-,20-,23?,24?/m0/s1. The highest BCUT2D eigenvalue weighted by Crippen LogP contribution is 2.52. The molecule has 1 saturated heterocycles. The van der Waals surface area contributed by atoms with Crippen molar-refractivity contribution in [1.82, 2.24) is 15.5 Å². The fourth-order valence-corrected chi connectivity index (χ4v) is 5.67. The van der Waals surface area contributed by atoms with Crippen molar-refractivity contribution in [3.05, 3.63) is 0 Å². The second-order valence-corrected chi connectivity index (χ2v) is 10.2. The van der Waals surface area contributed by atoms with Crippen LogP contribution in [0.5, 0.6) is 0 Å². The summed E-state index contributed by atoms with van der Waals surface area (Å²) in [5.74, 6) is 0.0147. The Balaban J connectivity index is 1.45. The number of fused-ring (bicyclic) bond motifs is 3. The molecule has 3 saturated carbocycles. The average molecular weight is 435 g/mol. The molecule has 2 N–H and O–H groups in total. The first-order chi connectivity index (χ1) is 14.8. The molecule has 0 aromatic heterocycles. The van der Waals surface area contributed by atoms with Gasteiger partial charge in [-0.2, -0.15) is 5.26 Å². The van der Waals surface area contributed by atoms with Crippen LogP contribution in [0.4, 0.5) is 4.39 Å². The second-order valence-electron chi connectivity index (χ2n) is 10.2. The van der Waals surface area contributed by atoms with E-state index in [1.165, 1.54) is 24.2 Å². The van der Waals surface area contributed by atoms with Gasteiger partial charge < -0.3 is 15.5 Å². The number of carbonyl (C=O) groups is 2. The largest absolute Gasteiger partial charge is 0.353 e. The molecular formula is C24H39FN4O2. The number of unbranched alkanes of at least 4 members (excludes halogenated alkanes) is 3. The highest BCUT2D eigenvalue weighted by Gasteiger charge is 2.52. The highest BCUT2D eigenvalue weighted by molar-refractivity contribution is 5.83. The van der Waals surface area contributed by atoms with E-state index in [0.717, 1.165) is 51.4 Å². The molecule has 2 bridgehead atoms. The van der Waals surface area contributed by atoms with Gasteiger partial charge in [-0.15, -0.1) is 0 Å². The number of hydrogen-bond donors (Lipinski definition) is 2. The number of likely N-dealkylation sites (tertiary alicyclic amines) is 1. The molecule has 4 rings (SSSR count). The Bertz CT molecular complexity index is 667. The average Bonchev–Trinajstić information content (AvgIpc) is 3.17. The SMILES string of the molecule is CCCCCC[C@H](C)NC(=O)C12CCC(NCC(=O)N3C[C@@H](F)C[C@H]3C#N)(CC1)CC2. The zero-order valence-corrected chi connectivity index (χ0v) is 19.2. The van der Waals surface area contributed by atoms with E-state index in [9.17, 15) is 14.0 Å². The summed E-state index contributed by atoms with van der Waals surface area (Å²) in [4.78, 5) is 27.0. The molecule has 1 heterocycles. The third-order valence-corrected chi connectivity index (χ3v) is 7.93. The van der Waals surface area contributed by atoms with Gasteiger partial charge >= 0.3 is 0 Å². The van der Waals surface area contributed by atoms with Crippen LogP contribution in [0.15, 0.2) is 0 Å². The Kier molecular flexibility index (Phi) is 7.96. The first kappa shape index (κ1) is 24.0. The maximum atomic E-state index is 13.6. The maximum Gasteiger partial charge on any atom is 0.237 e. The second kappa shape index (κ2) is 10.3. The van der Waals surface area contributed by atoms with Crippen molar-refractivity contribution in [3.8, 4) is 6.07 Å². The van der Waals surface area contributed by atoms with Crippen LogP contribution in [0, 0.1) is 16.7 Å². The number of carbonyl (C=O) groups excluding carboxylic acids is 2.